The van der Waals surface area contributed by atoms with Crippen LogP contribution in [0.4, 0.5) is 0 Å². The van der Waals surface area contributed by atoms with Crippen molar-refractivity contribution in [1.29, 1.82) is 0 Å². The van der Waals surface area contributed by atoms with Crippen molar-refractivity contribution in [1.82, 2.24) is 28.2 Å². The van der Waals surface area contributed by atoms with E-state index in [0.29, 0.717) is 42.6 Å². The summed E-state index contributed by atoms with van der Waals surface area (Å²) in [4.78, 5) is 35.3. The van der Waals surface area contributed by atoms with Crippen molar-refractivity contribution in [3.05, 3.63) is 108 Å². The Morgan fingerprint density at radius 1 is 0.695 bits per heavy atom. The third-order valence-electron chi connectivity index (χ3n) is 13.1. The highest BCUT2D eigenvalue weighted by Crippen LogP contribution is 2.63. The van der Waals surface area contributed by atoms with E-state index >= 15 is 0 Å². The monoisotopic (exact) mass is 807 g/mol. The SMILES string of the molecule is CCn1c(-c2nc3cc(C(=O)CC45CCCCC4C5)ccc3n2C)cc2ccccc21.CCn1c(-c2nc3cc(C(=O)CCCN)ccc3n2C)cc2ccccc21.Cl. The average molecular weight is 808 g/mol. The van der Waals surface area contributed by atoms with Crippen LogP contribution >= 0.6 is 12.4 Å². The van der Waals surface area contributed by atoms with Crippen LogP contribution in [0.25, 0.3) is 66.9 Å². The van der Waals surface area contributed by atoms with E-state index in [1.54, 1.807) is 0 Å². The fraction of sp³-hybridized carbons (Fsp3) is 0.347. The van der Waals surface area contributed by atoms with E-state index in [1.165, 1.54) is 53.9 Å². The third kappa shape index (κ3) is 7.18. The number of imidazole rings is 2. The number of halogens is 1. The predicted octanol–water partition coefficient (Wildman–Crippen LogP) is 10.9. The van der Waals surface area contributed by atoms with Crippen LogP contribution in [0.3, 0.4) is 0 Å². The summed E-state index contributed by atoms with van der Waals surface area (Å²) in [7, 11) is 4.10. The summed E-state index contributed by atoms with van der Waals surface area (Å²) in [5, 5.41) is 2.44. The minimum atomic E-state index is 0. The number of benzene rings is 4. The van der Waals surface area contributed by atoms with Crippen molar-refractivity contribution in [2.75, 3.05) is 6.54 Å². The fourth-order valence-corrected chi connectivity index (χ4v) is 9.83. The van der Waals surface area contributed by atoms with Gasteiger partial charge in [0.1, 0.15) is 0 Å². The van der Waals surface area contributed by atoms with E-state index in [9.17, 15) is 9.59 Å². The molecule has 2 aliphatic rings. The second kappa shape index (κ2) is 16.3. The zero-order chi connectivity index (χ0) is 40.1. The Bertz CT molecular complexity index is 2860. The Kier molecular flexibility index (Phi) is 11.1. The first-order valence-electron chi connectivity index (χ1n) is 21.1. The standard InChI is InChI=1S/C27H29N3O.C22H24N4O.ClH/c1-3-30-22-10-5-4-8-18(22)15-24(30)26-28-21-14-19(11-12-23(21)29(26)2)25(31)17-27-13-7-6-9-20(27)16-27;1-3-26-18-8-5-4-7-15(18)14-20(26)22-24-17-13-16(21(27)9-6-12-23)10-11-19(17)25(22)2;/h4-5,8,10-12,14-15,20H,3,6-7,9,13,16-17H2,1-2H3;4-5,7-8,10-11,13-14H,3,6,9,12,23H2,1-2H3;1H. The van der Waals surface area contributed by atoms with Gasteiger partial charge in [-0.3, -0.25) is 9.59 Å². The second-order valence-electron chi connectivity index (χ2n) is 16.5. The van der Waals surface area contributed by atoms with Crippen LogP contribution < -0.4 is 5.73 Å². The second-order valence-corrected chi connectivity index (χ2v) is 16.5. The molecule has 304 valence electrons. The Morgan fingerprint density at radius 3 is 1.73 bits per heavy atom. The molecule has 0 aliphatic heterocycles. The van der Waals surface area contributed by atoms with Crippen LogP contribution in [0, 0.1) is 11.3 Å². The third-order valence-corrected chi connectivity index (χ3v) is 13.1. The highest BCUT2D eigenvalue weighted by Gasteiger charge is 2.55. The molecule has 2 atom stereocenters. The van der Waals surface area contributed by atoms with Crippen molar-refractivity contribution in [3.8, 4) is 23.0 Å². The van der Waals surface area contributed by atoms with Crippen molar-refractivity contribution in [3.63, 3.8) is 0 Å². The number of hydrogen-bond acceptors (Lipinski definition) is 5. The summed E-state index contributed by atoms with van der Waals surface area (Å²) in [5.74, 6) is 3.07. The van der Waals surface area contributed by atoms with E-state index in [-0.39, 0.29) is 18.2 Å². The summed E-state index contributed by atoms with van der Waals surface area (Å²) < 4.78 is 8.85. The summed E-state index contributed by atoms with van der Waals surface area (Å²) in [6.45, 7) is 6.61. The molecule has 10 heteroatoms. The molecule has 2 aliphatic carbocycles. The lowest BCUT2D eigenvalue weighted by molar-refractivity contribution is 0.0938. The van der Waals surface area contributed by atoms with Crippen molar-refractivity contribution < 1.29 is 9.59 Å². The molecule has 59 heavy (non-hydrogen) atoms. The largest absolute Gasteiger partial charge is 0.338 e. The topological polar surface area (TPSA) is 106 Å². The Morgan fingerprint density at radius 2 is 1.22 bits per heavy atom. The number of hydrogen-bond donors (Lipinski definition) is 1. The van der Waals surface area contributed by atoms with Gasteiger partial charge in [0.05, 0.1) is 33.5 Å². The van der Waals surface area contributed by atoms with Crippen LogP contribution in [0.15, 0.2) is 97.1 Å². The number of ketones is 2. The van der Waals surface area contributed by atoms with E-state index in [4.69, 9.17) is 15.7 Å². The number of aromatic nitrogens is 6. The zero-order valence-electron chi connectivity index (χ0n) is 34.6. The maximum Gasteiger partial charge on any atom is 0.163 e. The predicted molar refractivity (Wildman–Crippen MR) is 242 cm³/mol. The molecular formula is C49H54ClN7O2. The van der Waals surface area contributed by atoms with E-state index in [2.05, 4.69) is 106 Å². The van der Waals surface area contributed by atoms with E-state index < -0.39 is 0 Å². The maximum atomic E-state index is 13.1. The Balaban J connectivity index is 0.000000163. The van der Waals surface area contributed by atoms with Gasteiger partial charge >= 0.3 is 0 Å². The van der Waals surface area contributed by atoms with Crippen LogP contribution in [0.5, 0.6) is 0 Å². The molecule has 2 saturated carbocycles. The number of carbonyl (C=O) groups is 2. The normalized spacial score (nSPS) is 17.2. The average Bonchev–Trinajstić information content (AvgIpc) is 3.50. The van der Waals surface area contributed by atoms with Gasteiger partial charge in [0.25, 0.3) is 0 Å². The molecular weight excluding hydrogens is 754 g/mol. The first-order valence-corrected chi connectivity index (χ1v) is 21.1. The van der Waals surface area contributed by atoms with Gasteiger partial charge in [-0.05, 0) is 118 Å². The maximum absolute atomic E-state index is 13.1. The Hall–Kier alpha value is -5.51. The molecule has 10 rings (SSSR count). The number of rotatable bonds is 11. The number of nitrogens with zero attached hydrogens (tertiary/aromatic N) is 6. The van der Waals surface area contributed by atoms with Crippen molar-refractivity contribution in [2.24, 2.45) is 31.2 Å². The number of fused-ring (bicyclic) bond motifs is 5. The van der Waals surface area contributed by atoms with Gasteiger partial charge in [0.2, 0.25) is 0 Å². The summed E-state index contributed by atoms with van der Waals surface area (Å²) >= 11 is 0. The lowest BCUT2D eigenvalue weighted by Gasteiger charge is -2.21. The van der Waals surface area contributed by atoms with Gasteiger partial charge in [0, 0.05) is 73.0 Å². The highest BCUT2D eigenvalue weighted by atomic mass is 35.5. The van der Waals surface area contributed by atoms with Crippen LogP contribution in [-0.2, 0) is 27.2 Å². The van der Waals surface area contributed by atoms with Gasteiger partial charge in [0.15, 0.2) is 23.2 Å². The molecule has 4 aromatic heterocycles. The summed E-state index contributed by atoms with van der Waals surface area (Å²) in [6, 6.07) is 33.1. The molecule has 9 nitrogen and oxygen atoms in total. The molecule has 4 aromatic carbocycles. The smallest absolute Gasteiger partial charge is 0.163 e. The van der Waals surface area contributed by atoms with Gasteiger partial charge in [-0.1, -0.05) is 49.2 Å². The molecule has 0 amide bonds. The number of carbonyl (C=O) groups excluding carboxylic acids is 2. The number of Topliss-reactive ketones (excluding diaryl/α,β-unsaturated/α-hetero) is 2. The van der Waals surface area contributed by atoms with Crippen molar-refractivity contribution in [2.45, 2.75) is 78.3 Å². The summed E-state index contributed by atoms with van der Waals surface area (Å²) in [6.07, 6.45) is 8.36. The minimum Gasteiger partial charge on any atom is -0.338 e. The first kappa shape index (κ1) is 40.3. The molecule has 2 unspecified atom stereocenters. The zero-order valence-corrected chi connectivity index (χ0v) is 35.4. The van der Waals surface area contributed by atoms with Crippen molar-refractivity contribution >= 4 is 67.8 Å². The molecule has 0 spiro atoms. The lowest BCUT2D eigenvalue weighted by Crippen LogP contribution is -2.15. The molecule has 8 aromatic rings. The number of aryl methyl sites for hydroxylation is 4. The fourth-order valence-electron chi connectivity index (χ4n) is 9.83. The molecule has 0 saturated heterocycles. The van der Waals surface area contributed by atoms with Gasteiger partial charge in [-0.15, -0.1) is 12.4 Å². The van der Waals surface area contributed by atoms with Crippen LogP contribution in [0.2, 0.25) is 0 Å². The van der Waals surface area contributed by atoms with Crippen LogP contribution in [0.1, 0.15) is 85.9 Å². The molecule has 2 fully saturated rings. The van der Waals surface area contributed by atoms with E-state index in [0.717, 1.165) is 69.7 Å². The highest BCUT2D eigenvalue weighted by molar-refractivity contribution is 6.01. The quantitative estimate of drug-likeness (QED) is 0.131. The number of nitrogens with two attached hydrogens (primary N) is 1. The molecule has 4 heterocycles. The van der Waals surface area contributed by atoms with Gasteiger partial charge in [-0.2, -0.15) is 0 Å². The summed E-state index contributed by atoms with van der Waals surface area (Å²) in [5.41, 5.74) is 15.9. The lowest BCUT2D eigenvalue weighted by atomic mass is 9.83. The Labute approximate surface area is 351 Å². The van der Waals surface area contributed by atoms with E-state index in [1.807, 2.05) is 37.4 Å². The van der Waals surface area contributed by atoms with Gasteiger partial charge < -0.3 is 24.0 Å². The van der Waals surface area contributed by atoms with Gasteiger partial charge in [-0.25, -0.2) is 9.97 Å². The molecule has 0 radical (unpaired) electrons. The first-order chi connectivity index (χ1) is 28.2. The molecule has 0 bridgehead atoms. The van der Waals surface area contributed by atoms with Crippen LogP contribution in [-0.4, -0.2) is 46.3 Å². The number of para-hydroxylation sites is 2. The molecule has 2 N–H and O–H groups in total. The minimum absolute atomic E-state index is 0.